The molecule has 1 aromatic rings. The van der Waals surface area contributed by atoms with Crippen molar-refractivity contribution in [2.75, 3.05) is 24.7 Å². The number of ether oxygens (including phenoxy) is 1. The number of amidine groups is 1. The van der Waals surface area contributed by atoms with Crippen molar-refractivity contribution >= 4 is 39.1 Å². The van der Waals surface area contributed by atoms with E-state index in [1.54, 1.807) is 29.3 Å². The zero-order valence-corrected chi connectivity index (χ0v) is 14.3. The summed E-state index contributed by atoms with van der Waals surface area (Å²) >= 11 is 6.03. The summed E-state index contributed by atoms with van der Waals surface area (Å²) in [5.41, 5.74) is 0.918. The maximum atomic E-state index is 12.3. The molecular weight excluding hydrogens is 354 g/mol. The summed E-state index contributed by atoms with van der Waals surface area (Å²) in [6, 6.07) is 4.92. The van der Waals surface area contributed by atoms with Gasteiger partial charge in [-0.05, 0) is 30.4 Å². The van der Waals surface area contributed by atoms with Crippen molar-refractivity contribution in [2.24, 2.45) is 4.40 Å². The summed E-state index contributed by atoms with van der Waals surface area (Å²) in [6.07, 6.45) is 4.61. The van der Waals surface area contributed by atoms with Crippen LogP contribution < -0.4 is 10.1 Å². The molecule has 0 atom stereocenters. The molecule has 0 saturated carbocycles. The number of rotatable bonds is 3. The first-order valence-electron chi connectivity index (χ1n) is 7.02. The Morgan fingerprint density at radius 1 is 1.38 bits per heavy atom. The highest BCUT2D eigenvalue weighted by atomic mass is 35.5. The average molecular weight is 368 g/mol. The van der Waals surface area contributed by atoms with Crippen LogP contribution in [0.2, 0.25) is 5.02 Å². The second-order valence-electron chi connectivity index (χ2n) is 5.15. The smallest absolute Gasteiger partial charge is 0.257 e. The monoisotopic (exact) mass is 367 g/mol. The third kappa shape index (κ3) is 3.44. The summed E-state index contributed by atoms with van der Waals surface area (Å²) in [6.45, 7) is 0.261. The van der Waals surface area contributed by atoms with Crippen LogP contribution in [0.1, 0.15) is 0 Å². The van der Waals surface area contributed by atoms with Crippen molar-refractivity contribution in [1.82, 2.24) is 4.90 Å². The van der Waals surface area contributed by atoms with E-state index in [1.807, 2.05) is 0 Å². The van der Waals surface area contributed by atoms with Gasteiger partial charge in [0, 0.05) is 18.4 Å². The van der Waals surface area contributed by atoms with Crippen LogP contribution in [0.25, 0.3) is 0 Å². The van der Waals surface area contributed by atoms with Gasteiger partial charge in [0.1, 0.15) is 11.6 Å². The highest BCUT2D eigenvalue weighted by Crippen LogP contribution is 2.27. The van der Waals surface area contributed by atoms with Gasteiger partial charge in [-0.15, -0.1) is 4.40 Å². The molecule has 0 unspecified atom stereocenters. The Balaban J connectivity index is 1.76. The largest absolute Gasteiger partial charge is 0.495 e. The molecule has 7 nitrogen and oxygen atoms in total. The minimum Gasteiger partial charge on any atom is -0.495 e. The number of anilines is 1. The number of nitrogens with one attached hydrogen (secondary N) is 1. The lowest BCUT2D eigenvalue weighted by atomic mass is 10.1. The first-order chi connectivity index (χ1) is 11.4. The zero-order valence-electron chi connectivity index (χ0n) is 12.7. The molecule has 24 heavy (non-hydrogen) atoms. The summed E-state index contributed by atoms with van der Waals surface area (Å²) < 4.78 is 31.7. The van der Waals surface area contributed by atoms with Gasteiger partial charge in [-0.25, -0.2) is 8.42 Å². The van der Waals surface area contributed by atoms with E-state index in [9.17, 15) is 13.2 Å². The van der Waals surface area contributed by atoms with Crippen molar-refractivity contribution in [2.45, 2.75) is 0 Å². The van der Waals surface area contributed by atoms with Gasteiger partial charge in [0.05, 0.1) is 23.5 Å². The molecule has 1 amide bonds. The molecule has 1 aromatic carbocycles. The lowest BCUT2D eigenvalue weighted by molar-refractivity contribution is -0.112. The highest BCUT2D eigenvalue weighted by Gasteiger charge is 2.25. The Hall–Kier alpha value is -2.32. The molecule has 0 spiro atoms. The fourth-order valence-corrected chi connectivity index (χ4v) is 3.51. The molecule has 126 valence electrons. The third-order valence-electron chi connectivity index (χ3n) is 3.50. The molecule has 2 heterocycles. The van der Waals surface area contributed by atoms with Gasteiger partial charge in [-0.3, -0.25) is 4.79 Å². The number of sulfonamides is 1. The first kappa shape index (κ1) is 16.5. The second-order valence-corrected chi connectivity index (χ2v) is 7.31. The van der Waals surface area contributed by atoms with Crippen molar-refractivity contribution in [3.8, 4) is 5.75 Å². The standard InChI is InChI=1S/C15H14ClN3O4S/c1-23-13-4-3-11(8-12(13)16)17-15(20)10-2-5-14-18-24(21,22)7-6-19(14)9-10/h2-5,8-9H,6-7H2,1H3,(H,17,20). The summed E-state index contributed by atoms with van der Waals surface area (Å²) in [5, 5.41) is 3.12. The normalized spacial score (nSPS) is 18.3. The lowest BCUT2D eigenvalue weighted by Crippen LogP contribution is -2.37. The van der Waals surface area contributed by atoms with E-state index >= 15 is 0 Å². The van der Waals surface area contributed by atoms with E-state index in [4.69, 9.17) is 16.3 Å². The van der Waals surface area contributed by atoms with Crippen LogP contribution in [0.3, 0.4) is 0 Å². The van der Waals surface area contributed by atoms with Crippen molar-refractivity contribution in [3.05, 3.63) is 47.1 Å². The summed E-state index contributed by atoms with van der Waals surface area (Å²) in [4.78, 5) is 14.0. The van der Waals surface area contributed by atoms with E-state index in [-0.39, 0.29) is 18.2 Å². The van der Waals surface area contributed by atoms with Gasteiger partial charge < -0.3 is 15.0 Å². The lowest BCUT2D eigenvalue weighted by Gasteiger charge is -2.26. The Labute approximate surface area is 144 Å². The number of carbonyl (C=O) groups excluding carboxylic acids is 1. The number of nitrogens with zero attached hydrogens (tertiary/aromatic N) is 2. The molecule has 1 N–H and O–H groups in total. The summed E-state index contributed by atoms with van der Waals surface area (Å²) in [5.74, 6) is 0.413. The van der Waals surface area contributed by atoms with E-state index in [1.165, 1.54) is 19.3 Å². The van der Waals surface area contributed by atoms with Crippen LogP contribution in [-0.2, 0) is 14.8 Å². The minimum atomic E-state index is -3.41. The van der Waals surface area contributed by atoms with Crippen LogP contribution in [-0.4, -0.2) is 44.5 Å². The predicted octanol–water partition coefficient (Wildman–Crippen LogP) is 1.78. The third-order valence-corrected chi connectivity index (χ3v) is 4.95. The number of carbonyl (C=O) groups is 1. The minimum absolute atomic E-state index is 0.0795. The maximum Gasteiger partial charge on any atom is 0.257 e. The van der Waals surface area contributed by atoms with Gasteiger partial charge in [-0.1, -0.05) is 11.6 Å². The number of benzene rings is 1. The number of hydrogen-bond donors (Lipinski definition) is 1. The molecular formula is C15H14ClN3O4S. The van der Waals surface area contributed by atoms with Crippen LogP contribution in [0.5, 0.6) is 5.75 Å². The molecule has 2 aliphatic heterocycles. The van der Waals surface area contributed by atoms with Crippen molar-refractivity contribution in [3.63, 3.8) is 0 Å². The van der Waals surface area contributed by atoms with Crippen molar-refractivity contribution in [1.29, 1.82) is 0 Å². The van der Waals surface area contributed by atoms with E-state index in [0.29, 0.717) is 27.9 Å². The van der Waals surface area contributed by atoms with Gasteiger partial charge in [-0.2, -0.15) is 0 Å². The number of fused-ring (bicyclic) bond motifs is 1. The SMILES string of the molecule is COc1ccc(NC(=O)C2=CN3CCS(=O)(=O)N=C3C=C2)cc1Cl. The highest BCUT2D eigenvalue weighted by molar-refractivity contribution is 7.90. The van der Waals surface area contributed by atoms with E-state index < -0.39 is 10.0 Å². The Bertz CT molecular complexity index is 890. The van der Waals surface area contributed by atoms with Crippen LogP contribution in [0, 0.1) is 0 Å². The molecule has 0 aliphatic carbocycles. The molecule has 0 aromatic heterocycles. The van der Waals surface area contributed by atoms with E-state index in [2.05, 4.69) is 9.71 Å². The molecule has 9 heteroatoms. The van der Waals surface area contributed by atoms with Crippen LogP contribution in [0.15, 0.2) is 46.5 Å². The van der Waals surface area contributed by atoms with Gasteiger partial charge in [0.25, 0.3) is 15.9 Å². The van der Waals surface area contributed by atoms with Crippen molar-refractivity contribution < 1.29 is 17.9 Å². The quantitative estimate of drug-likeness (QED) is 0.879. The Morgan fingerprint density at radius 2 is 2.17 bits per heavy atom. The fourth-order valence-electron chi connectivity index (χ4n) is 2.28. The Morgan fingerprint density at radius 3 is 2.88 bits per heavy atom. The zero-order chi connectivity index (χ0) is 17.3. The first-order valence-corrected chi connectivity index (χ1v) is 9.01. The number of halogens is 1. The topological polar surface area (TPSA) is 88.1 Å². The second kappa shape index (κ2) is 6.29. The summed E-state index contributed by atoms with van der Waals surface area (Å²) in [7, 11) is -1.90. The van der Waals surface area contributed by atoms with Crippen LogP contribution in [0.4, 0.5) is 5.69 Å². The predicted molar refractivity (Wildman–Crippen MR) is 91.8 cm³/mol. The van der Waals surface area contributed by atoms with Crippen LogP contribution >= 0.6 is 11.6 Å². The molecule has 0 fully saturated rings. The Kier molecular flexibility index (Phi) is 4.33. The molecule has 0 saturated heterocycles. The van der Waals surface area contributed by atoms with E-state index in [0.717, 1.165) is 0 Å². The van der Waals surface area contributed by atoms with Gasteiger partial charge in [0.15, 0.2) is 0 Å². The van der Waals surface area contributed by atoms with Gasteiger partial charge in [0.2, 0.25) is 0 Å². The average Bonchev–Trinajstić information content (AvgIpc) is 2.53. The molecule has 2 aliphatic rings. The number of methoxy groups -OCH3 is 1. The maximum absolute atomic E-state index is 12.3. The number of amides is 1. The molecule has 0 bridgehead atoms. The van der Waals surface area contributed by atoms with Gasteiger partial charge >= 0.3 is 0 Å². The fraction of sp³-hybridized carbons (Fsp3) is 0.200. The molecule has 0 radical (unpaired) electrons. The molecule has 3 rings (SSSR count). The number of hydrogen-bond acceptors (Lipinski definition) is 5.